The Morgan fingerprint density at radius 2 is 1.75 bits per heavy atom. The molecule has 0 aromatic heterocycles. The molecule has 0 aromatic rings. The molecule has 0 amide bonds. The molecule has 0 aliphatic heterocycles. The van der Waals surface area contributed by atoms with Crippen LogP contribution in [0.1, 0.15) is 34.6 Å². The number of allylic oxidation sites excluding steroid dienone is 2. The minimum atomic E-state index is 0.0224. The van der Waals surface area contributed by atoms with Crippen LogP contribution in [0.3, 0.4) is 0 Å². The van der Waals surface area contributed by atoms with Crippen molar-refractivity contribution in [3.8, 4) is 0 Å². The second-order valence-electron chi connectivity index (χ2n) is 4.00. The van der Waals surface area contributed by atoms with E-state index in [0.717, 1.165) is 11.4 Å². The molecule has 0 fully saturated rings. The maximum absolute atomic E-state index is 4.50. The summed E-state index contributed by atoms with van der Waals surface area (Å²) in [5.74, 6) is 0. The Hall–Kier alpha value is -0.790. The molecule has 0 saturated carbocycles. The SMILES string of the molecule is CNC(C)=CC(C)=NC(C)(C)C. The summed E-state index contributed by atoms with van der Waals surface area (Å²) < 4.78 is 0. The van der Waals surface area contributed by atoms with Crippen LogP contribution in [0.4, 0.5) is 0 Å². The zero-order chi connectivity index (χ0) is 9.78. The van der Waals surface area contributed by atoms with Gasteiger partial charge in [0.1, 0.15) is 0 Å². The van der Waals surface area contributed by atoms with E-state index in [9.17, 15) is 0 Å². The van der Waals surface area contributed by atoms with Gasteiger partial charge < -0.3 is 5.32 Å². The average molecular weight is 168 g/mol. The van der Waals surface area contributed by atoms with Crippen LogP contribution in [-0.2, 0) is 0 Å². The van der Waals surface area contributed by atoms with E-state index >= 15 is 0 Å². The van der Waals surface area contributed by atoms with Gasteiger partial charge in [-0.1, -0.05) is 0 Å². The Morgan fingerprint density at radius 3 is 2.08 bits per heavy atom. The minimum absolute atomic E-state index is 0.0224. The molecule has 0 aromatic carbocycles. The van der Waals surface area contributed by atoms with Crippen LogP contribution in [0.5, 0.6) is 0 Å². The van der Waals surface area contributed by atoms with E-state index in [4.69, 9.17) is 0 Å². The lowest BCUT2D eigenvalue weighted by Crippen LogP contribution is -2.12. The van der Waals surface area contributed by atoms with Crippen molar-refractivity contribution in [1.82, 2.24) is 5.32 Å². The summed E-state index contributed by atoms with van der Waals surface area (Å²) in [4.78, 5) is 4.50. The summed E-state index contributed by atoms with van der Waals surface area (Å²) in [5.41, 5.74) is 2.23. The standard InChI is InChI=1S/C10H20N2/c1-8(11-6)7-9(2)12-10(3,4)5/h7,11H,1-6H3. The van der Waals surface area contributed by atoms with E-state index in [1.165, 1.54) is 0 Å². The Bertz CT molecular complexity index is 194. The molecule has 0 radical (unpaired) electrons. The first-order valence-corrected chi connectivity index (χ1v) is 4.27. The Kier molecular flexibility index (Phi) is 4.01. The van der Waals surface area contributed by atoms with Gasteiger partial charge in [0.2, 0.25) is 0 Å². The van der Waals surface area contributed by atoms with Gasteiger partial charge in [-0.2, -0.15) is 0 Å². The van der Waals surface area contributed by atoms with Crippen molar-refractivity contribution in [3.63, 3.8) is 0 Å². The van der Waals surface area contributed by atoms with Crippen LogP contribution in [0.15, 0.2) is 16.8 Å². The average Bonchev–Trinajstić information content (AvgIpc) is 1.82. The molecular weight excluding hydrogens is 148 g/mol. The molecule has 0 bridgehead atoms. The Balaban J connectivity index is 4.40. The third-order valence-electron chi connectivity index (χ3n) is 1.33. The summed E-state index contributed by atoms with van der Waals surface area (Å²) in [6, 6.07) is 0. The maximum Gasteiger partial charge on any atom is 0.0527 e. The fraction of sp³-hybridized carbons (Fsp3) is 0.700. The van der Waals surface area contributed by atoms with Crippen LogP contribution < -0.4 is 5.32 Å². The minimum Gasteiger partial charge on any atom is -0.392 e. The Morgan fingerprint density at radius 1 is 1.25 bits per heavy atom. The smallest absolute Gasteiger partial charge is 0.0527 e. The lowest BCUT2D eigenvalue weighted by Gasteiger charge is -2.12. The molecule has 12 heavy (non-hydrogen) atoms. The van der Waals surface area contributed by atoms with Crippen molar-refractivity contribution in [1.29, 1.82) is 0 Å². The summed E-state index contributed by atoms with van der Waals surface area (Å²) in [6.45, 7) is 10.3. The zero-order valence-electron chi connectivity index (χ0n) is 9.02. The fourth-order valence-electron chi connectivity index (χ4n) is 0.947. The highest BCUT2D eigenvalue weighted by Crippen LogP contribution is 2.07. The van der Waals surface area contributed by atoms with Crippen LogP contribution in [0, 0.1) is 0 Å². The third-order valence-corrected chi connectivity index (χ3v) is 1.33. The normalized spacial score (nSPS) is 14.8. The molecule has 0 aliphatic carbocycles. The van der Waals surface area contributed by atoms with Gasteiger partial charge in [-0.15, -0.1) is 0 Å². The van der Waals surface area contributed by atoms with Crippen LogP contribution in [0.25, 0.3) is 0 Å². The molecule has 0 unspecified atom stereocenters. The molecule has 1 N–H and O–H groups in total. The lowest BCUT2D eigenvalue weighted by atomic mass is 10.1. The summed E-state index contributed by atoms with van der Waals surface area (Å²) in [6.07, 6.45) is 2.05. The van der Waals surface area contributed by atoms with Crippen LogP contribution in [0.2, 0.25) is 0 Å². The number of hydrogen-bond donors (Lipinski definition) is 1. The first-order valence-electron chi connectivity index (χ1n) is 4.27. The molecule has 0 heterocycles. The van der Waals surface area contributed by atoms with Crippen LogP contribution >= 0.6 is 0 Å². The molecule has 0 rings (SSSR count). The first kappa shape index (κ1) is 11.2. The van der Waals surface area contributed by atoms with Gasteiger partial charge in [0, 0.05) is 18.5 Å². The third kappa shape index (κ3) is 5.96. The van der Waals surface area contributed by atoms with E-state index in [1.807, 2.05) is 27.0 Å². The van der Waals surface area contributed by atoms with Gasteiger partial charge >= 0.3 is 0 Å². The molecule has 0 spiro atoms. The van der Waals surface area contributed by atoms with Gasteiger partial charge in [0.15, 0.2) is 0 Å². The highest BCUT2D eigenvalue weighted by Gasteiger charge is 2.05. The van der Waals surface area contributed by atoms with Gasteiger partial charge in [0.05, 0.1) is 5.54 Å². The lowest BCUT2D eigenvalue weighted by molar-refractivity contribution is 0.584. The molecule has 70 valence electrons. The highest BCUT2D eigenvalue weighted by molar-refractivity contribution is 5.93. The van der Waals surface area contributed by atoms with Crippen molar-refractivity contribution in [2.24, 2.45) is 4.99 Å². The number of rotatable bonds is 2. The largest absolute Gasteiger partial charge is 0.392 e. The van der Waals surface area contributed by atoms with Crippen molar-refractivity contribution >= 4 is 5.71 Å². The molecule has 2 nitrogen and oxygen atoms in total. The van der Waals surface area contributed by atoms with E-state index in [-0.39, 0.29) is 5.54 Å². The van der Waals surface area contributed by atoms with Crippen molar-refractivity contribution < 1.29 is 0 Å². The van der Waals surface area contributed by atoms with E-state index in [2.05, 4.69) is 31.1 Å². The summed E-state index contributed by atoms with van der Waals surface area (Å²) in [7, 11) is 1.91. The molecule has 0 saturated heterocycles. The topological polar surface area (TPSA) is 24.4 Å². The van der Waals surface area contributed by atoms with Gasteiger partial charge in [-0.3, -0.25) is 4.99 Å². The monoisotopic (exact) mass is 168 g/mol. The molecule has 0 atom stereocenters. The maximum atomic E-state index is 4.50. The fourth-order valence-corrected chi connectivity index (χ4v) is 0.947. The number of hydrogen-bond acceptors (Lipinski definition) is 2. The number of aliphatic imine (C=N–C) groups is 1. The summed E-state index contributed by atoms with van der Waals surface area (Å²) in [5, 5.41) is 3.06. The summed E-state index contributed by atoms with van der Waals surface area (Å²) >= 11 is 0. The van der Waals surface area contributed by atoms with E-state index in [0.29, 0.717) is 0 Å². The molecule has 0 aliphatic rings. The van der Waals surface area contributed by atoms with E-state index in [1.54, 1.807) is 0 Å². The zero-order valence-corrected chi connectivity index (χ0v) is 9.02. The number of nitrogens with one attached hydrogen (secondary N) is 1. The second-order valence-corrected chi connectivity index (χ2v) is 4.00. The second kappa shape index (κ2) is 4.29. The highest BCUT2D eigenvalue weighted by atomic mass is 14.8. The van der Waals surface area contributed by atoms with E-state index < -0.39 is 0 Å². The van der Waals surface area contributed by atoms with Gasteiger partial charge in [-0.05, 0) is 40.7 Å². The van der Waals surface area contributed by atoms with Crippen molar-refractivity contribution in [2.45, 2.75) is 40.2 Å². The number of nitrogens with zero attached hydrogens (tertiary/aromatic N) is 1. The van der Waals surface area contributed by atoms with Crippen molar-refractivity contribution in [3.05, 3.63) is 11.8 Å². The Labute approximate surface area is 75.8 Å². The van der Waals surface area contributed by atoms with Gasteiger partial charge in [-0.25, -0.2) is 0 Å². The molecule has 2 heteroatoms. The van der Waals surface area contributed by atoms with Crippen LogP contribution in [-0.4, -0.2) is 18.3 Å². The van der Waals surface area contributed by atoms with Gasteiger partial charge in [0.25, 0.3) is 0 Å². The predicted molar refractivity (Wildman–Crippen MR) is 55.7 cm³/mol. The van der Waals surface area contributed by atoms with Crippen molar-refractivity contribution in [2.75, 3.05) is 7.05 Å². The quantitative estimate of drug-likeness (QED) is 0.629. The predicted octanol–water partition coefficient (Wildman–Crippen LogP) is 2.37. The molecular formula is C10H20N2. The first-order chi connectivity index (χ1) is 5.35.